The molecular weight excluding hydrogens is 335 g/mol. The molecular formula is C14H19ClF3N3O2. The Balaban J connectivity index is 2.13. The largest absolute Gasteiger partial charge is 0.436 e. The molecule has 3 unspecified atom stereocenters. The highest BCUT2D eigenvalue weighted by Gasteiger charge is 2.39. The molecule has 0 radical (unpaired) electrons. The van der Waals surface area contributed by atoms with Crippen LogP contribution in [0.3, 0.4) is 0 Å². The lowest BCUT2D eigenvalue weighted by Crippen LogP contribution is -2.43. The quantitative estimate of drug-likeness (QED) is 0.905. The number of nitrogens with zero attached hydrogens (tertiary/aromatic N) is 2. The van der Waals surface area contributed by atoms with E-state index in [0.29, 0.717) is 6.61 Å². The third kappa shape index (κ3) is 3.80. The summed E-state index contributed by atoms with van der Waals surface area (Å²) in [7, 11) is 0. The van der Waals surface area contributed by atoms with Gasteiger partial charge in [0.05, 0.1) is 22.9 Å². The highest BCUT2D eigenvalue weighted by Crippen LogP contribution is 2.36. The normalized spacial score (nSPS) is 21.3. The Morgan fingerprint density at radius 3 is 2.61 bits per heavy atom. The molecule has 1 aromatic rings. The van der Waals surface area contributed by atoms with Crippen molar-refractivity contribution >= 4 is 17.5 Å². The highest BCUT2D eigenvalue weighted by atomic mass is 35.5. The third-order valence-corrected chi connectivity index (χ3v) is 4.44. The number of nitrogens with one attached hydrogen (secondary N) is 1. The van der Waals surface area contributed by atoms with E-state index in [2.05, 4.69) is 10.4 Å². The first-order valence-electron chi connectivity index (χ1n) is 7.36. The number of amides is 1. The minimum Gasteiger partial charge on any atom is -0.376 e. The van der Waals surface area contributed by atoms with Gasteiger partial charge in [-0.25, -0.2) is 0 Å². The number of halogens is 4. The van der Waals surface area contributed by atoms with E-state index < -0.39 is 28.8 Å². The van der Waals surface area contributed by atoms with Gasteiger partial charge in [-0.2, -0.15) is 18.3 Å². The second-order valence-corrected chi connectivity index (χ2v) is 6.09. The summed E-state index contributed by atoms with van der Waals surface area (Å²) in [5, 5.41) is 5.76. The van der Waals surface area contributed by atoms with Crippen LogP contribution in [-0.4, -0.2) is 34.4 Å². The van der Waals surface area contributed by atoms with Crippen molar-refractivity contribution in [3.8, 4) is 0 Å². The summed E-state index contributed by atoms with van der Waals surface area (Å²) in [4.78, 5) is 12.3. The zero-order valence-corrected chi connectivity index (χ0v) is 13.8. The predicted molar refractivity (Wildman–Crippen MR) is 78.3 cm³/mol. The van der Waals surface area contributed by atoms with Crippen molar-refractivity contribution in [2.75, 3.05) is 6.61 Å². The fourth-order valence-corrected chi connectivity index (χ4v) is 2.83. The Morgan fingerprint density at radius 1 is 1.48 bits per heavy atom. The van der Waals surface area contributed by atoms with E-state index >= 15 is 0 Å². The Hall–Kier alpha value is -1.28. The Bertz CT molecular complexity index is 583. The van der Waals surface area contributed by atoms with Gasteiger partial charge < -0.3 is 10.1 Å². The highest BCUT2D eigenvalue weighted by molar-refractivity contribution is 6.32. The first-order chi connectivity index (χ1) is 10.6. The van der Waals surface area contributed by atoms with Crippen LogP contribution in [0.5, 0.6) is 0 Å². The monoisotopic (exact) mass is 353 g/mol. The van der Waals surface area contributed by atoms with Crippen molar-refractivity contribution < 1.29 is 22.7 Å². The molecule has 1 aliphatic rings. The molecule has 130 valence electrons. The SMILES string of the molecule is Cc1c(Cl)c(C(F)(F)F)nn1C(C)C(=O)NC(C)C1CCCO1. The van der Waals surface area contributed by atoms with E-state index in [4.69, 9.17) is 16.3 Å². The summed E-state index contributed by atoms with van der Waals surface area (Å²) in [6.45, 7) is 5.35. The number of alkyl halides is 3. The molecule has 1 saturated heterocycles. The minimum atomic E-state index is -4.66. The van der Waals surface area contributed by atoms with E-state index in [1.807, 2.05) is 6.92 Å². The lowest BCUT2D eigenvalue weighted by atomic mass is 10.1. The zero-order chi connectivity index (χ0) is 17.4. The van der Waals surface area contributed by atoms with Gasteiger partial charge >= 0.3 is 6.18 Å². The average Bonchev–Trinajstić information content (AvgIpc) is 3.07. The van der Waals surface area contributed by atoms with E-state index in [9.17, 15) is 18.0 Å². The predicted octanol–water partition coefficient (Wildman–Crippen LogP) is 3.11. The summed E-state index contributed by atoms with van der Waals surface area (Å²) in [6.07, 6.45) is -2.95. The molecule has 5 nitrogen and oxygen atoms in total. The molecule has 0 spiro atoms. The topological polar surface area (TPSA) is 56.2 Å². The Kier molecular flexibility index (Phi) is 5.25. The number of ether oxygens (including phenoxy) is 1. The van der Waals surface area contributed by atoms with Crippen molar-refractivity contribution in [1.82, 2.24) is 15.1 Å². The van der Waals surface area contributed by atoms with Gasteiger partial charge in [0.2, 0.25) is 5.91 Å². The molecule has 1 fully saturated rings. The van der Waals surface area contributed by atoms with E-state index in [1.54, 1.807) is 0 Å². The standard InChI is InChI=1S/C14H19ClF3N3O2/c1-7(10-5-4-6-23-10)19-13(22)9(3)21-8(2)11(15)12(20-21)14(16,17)18/h7,9-10H,4-6H2,1-3H3,(H,19,22). The lowest BCUT2D eigenvalue weighted by Gasteiger charge is -2.22. The van der Waals surface area contributed by atoms with Gasteiger partial charge in [0.15, 0.2) is 5.69 Å². The molecule has 23 heavy (non-hydrogen) atoms. The fourth-order valence-electron chi connectivity index (χ4n) is 2.60. The first-order valence-corrected chi connectivity index (χ1v) is 7.74. The maximum Gasteiger partial charge on any atom is 0.436 e. The van der Waals surface area contributed by atoms with Crippen molar-refractivity contribution in [3.63, 3.8) is 0 Å². The maximum absolute atomic E-state index is 12.8. The molecule has 1 aliphatic heterocycles. The van der Waals surface area contributed by atoms with Gasteiger partial charge in [0, 0.05) is 6.61 Å². The van der Waals surface area contributed by atoms with E-state index in [-0.39, 0.29) is 17.8 Å². The van der Waals surface area contributed by atoms with Crippen LogP contribution in [0.25, 0.3) is 0 Å². The third-order valence-electron chi connectivity index (χ3n) is 3.98. The maximum atomic E-state index is 12.8. The second-order valence-electron chi connectivity index (χ2n) is 5.72. The summed E-state index contributed by atoms with van der Waals surface area (Å²) < 4.78 is 45.0. The first kappa shape index (κ1) is 18.1. The molecule has 2 heterocycles. The van der Waals surface area contributed by atoms with E-state index in [1.165, 1.54) is 13.8 Å². The fraction of sp³-hybridized carbons (Fsp3) is 0.714. The molecule has 0 bridgehead atoms. The van der Waals surface area contributed by atoms with Crippen molar-refractivity contribution in [2.24, 2.45) is 0 Å². The minimum absolute atomic E-state index is 0.0702. The van der Waals surface area contributed by atoms with Gasteiger partial charge in [-0.05, 0) is 33.6 Å². The van der Waals surface area contributed by atoms with Crippen LogP contribution in [0.2, 0.25) is 5.02 Å². The number of hydrogen-bond acceptors (Lipinski definition) is 3. The van der Waals surface area contributed by atoms with Crippen molar-refractivity contribution in [3.05, 3.63) is 16.4 Å². The number of hydrogen-bond donors (Lipinski definition) is 1. The number of carbonyl (C=O) groups excluding carboxylic acids is 1. The van der Waals surface area contributed by atoms with Gasteiger partial charge in [0.1, 0.15) is 6.04 Å². The zero-order valence-electron chi connectivity index (χ0n) is 13.1. The smallest absolute Gasteiger partial charge is 0.376 e. The second kappa shape index (κ2) is 6.68. The molecule has 9 heteroatoms. The molecule has 2 rings (SSSR count). The van der Waals surface area contributed by atoms with Crippen LogP contribution < -0.4 is 5.32 Å². The van der Waals surface area contributed by atoms with E-state index in [0.717, 1.165) is 17.5 Å². The van der Waals surface area contributed by atoms with Gasteiger partial charge in [-0.1, -0.05) is 11.6 Å². The van der Waals surface area contributed by atoms with Crippen LogP contribution in [0, 0.1) is 6.92 Å². The van der Waals surface area contributed by atoms with Crippen molar-refractivity contribution in [2.45, 2.75) is 58.0 Å². The number of aromatic nitrogens is 2. The molecule has 0 saturated carbocycles. The summed E-state index contributed by atoms with van der Waals surface area (Å²) in [5.41, 5.74) is -1.07. The van der Waals surface area contributed by atoms with Gasteiger partial charge in [-0.3, -0.25) is 9.48 Å². The van der Waals surface area contributed by atoms with Crippen LogP contribution in [0.1, 0.15) is 44.1 Å². The number of carbonyl (C=O) groups is 1. The molecule has 3 atom stereocenters. The summed E-state index contributed by atoms with van der Waals surface area (Å²) >= 11 is 5.70. The Morgan fingerprint density at radius 2 is 2.13 bits per heavy atom. The average molecular weight is 354 g/mol. The molecule has 1 aromatic heterocycles. The summed E-state index contributed by atoms with van der Waals surface area (Å²) in [6, 6.07) is -1.13. The summed E-state index contributed by atoms with van der Waals surface area (Å²) in [5.74, 6) is -0.427. The number of rotatable bonds is 4. The molecule has 0 aromatic carbocycles. The molecule has 1 amide bonds. The molecule has 0 aliphatic carbocycles. The van der Waals surface area contributed by atoms with Crippen LogP contribution >= 0.6 is 11.6 Å². The van der Waals surface area contributed by atoms with Crippen molar-refractivity contribution in [1.29, 1.82) is 0 Å². The Labute approximate surface area is 137 Å². The van der Waals surface area contributed by atoms with Crippen LogP contribution in [-0.2, 0) is 15.7 Å². The van der Waals surface area contributed by atoms with Gasteiger partial charge in [0.25, 0.3) is 0 Å². The van der Waals surface area contributed by atoms with Gasteiger partial charge in [-0.15, -0.1) is 0 Å². The van der Waals surface area contributed by atoms with Crippen LogP contribution in [0.4, 0.5) is 13.2 Å². The lowest BCUT2D eigenvalue weighted by molar-refractivity contribution is -0.142. The van der Waals surface area contributed by atoms with Crippen LogP contribution in [0.15, 0.2) is 0 Å². The molecule has 1 N–H and O–H groups in total.